The molecule has 3 heterocycles. The molecule has 6 nitrogen and oxygen atoms in total. The van der Waals surface area contributed by atoms with Crippen molar-refractivity contribution in [2.75, 3.05) is 13.2 Å². The van der Waals surface area contributed by atoms with Gasteiger partial charge in [0.1, 0.15) is 12.3 Å². The number of rotatable bonds is 5. The Morgan fingerprint density at radius 3 is 2.96 bits per heavy atom. The number of carbonyl (C=O) groups excluding carboxylic acids is 1. The van der Waals surface area contributed by atoms with E-state index in [-0.39, 0.29) is 24.5 Å². The molecule has 26 heavy (non-hydrogen) atoms. The molecular weight excluding hydrogens is 332 g/mol. The third-order valence-electron chi connectivity index (χ3n) is 5.53. The van der Waals surface area contributed by atoms with Gasteiger partial charge in [0.25, 0.3) is 0 Å². The van der Waals surface area contributed by atoms with Crippen molar-refractivity contribution in [2.45, 2.75) is 52.7 Å². The number of hydrogen-bond donors (Lipinski definition) is 0. The molecule has 4 rings (SSSR count). The Morgan fingerprint density at radius 2 is 2.19 bits per heavy atom. The van der Waals surface area contributed by atoms with Crippen LogP contribution in [-0.4, -0.2) is 35.2 Å². The average Bonchev–Trinajstić information content (AvgIpc) is 3.25. The number of aromatic nitrogens is 1. The highest BCUT2D eigenvalue weighted by Gasteiger charge is 2.50. The van der Waals surface area contributed by atoms with E-state index in [1.807, 2.05) is 11.0 Å². The number of furan rings is 1. The SMILES string of the molecule is CC1(C)C[C@H]2C[C@](C)(CN2C(=O)COCc2cc(-c3ccco3)on2)C1. The van der Waals surface area contributed by atoms with Crippen molar-refractivity contribution in [1.29, 1.82) is 0 Å². The molecule has 140 valence electrons. The molecule has 1 aliphatic heterocycles. The van der Waals surface area contributed by atoms with E-state index in [4.69, 9.17) is 13.7 Å². The Morgan fingerprint density at radius 1 is 1.35 bits per heavy atom. The third-order valence-corrected chi connectivity index (χ3v) is 5.53. The molecule has 2 fully saturated rings. The molecule has 2 aromatic rings. The predicted octanol–water partition coefficient (Wildman–Crippen LogP) is 3.88. The summed E-state index contributed by atoms with van der Waals surface area (Å²) in [7, 11) is 0. The molecule has 2 atom stereocenters. The van der Waals surface area contributed by atoms with Gasteiger partial charge in [0, 0.05) is 18.7 Å². The predicted molar refractivity (Wildman–Crippen MR) is 95.1 cm³/mol. The van der Waals surface area contributed by atoms with Crippen LogP contribution < -0.4 is 0 Å². The van der Waals surface area contributed by atoms with E-state index in [1.165, 1.54) is 6.42 Å². The first-order valence-corrected chi connectivity index (χ1v) is 9.20. The van der Waals surface area contributed by atoms with Crippen LogP contribution >= 0.6 is 0 Å². The van der Waals surface area contributed by atoms with Crippen molar-refractivity contribution in [3.63, 3.8) is 0 Å². The zero-order valence-electron chi connectivity index (χ0n) is 15.7. The lowest BCUT2D eigenvalue weighted by Crippen LogP contribution is -2.39. The summed E-state index contributed by atoms with van der Waals surface area (Å²) in [5.74, 6) is 1.26. The minimum atomic E-state index is 0.0752. The zero-order valence-corrected chi connectivity index (χ0v) is 15.7. The quantitative estimate of drug-likeness (QED) is 0.811. The number of carbonyl (C=O) groups is 1. The lowest BCUT2D eigenvalue weighted by molar-refractivity contribution is -0.137. The Bertz CT molecular complexity index is 780. The maximum Gasteiger partial charge on any atom is 0.248 e. The lowest BCUT2D eigenvalue weighted by atomic mass is 9.65. The Labute approximate surface area is 153 Å². The molecule has 0 aromatic carbocycles. The van der Waals surface area contributed by atoms with E-state index in [9.17, 15) is 4.79 Å². The van der Waals surface area contributed by atoms with E-state index in [2.05, 4.69) is 25.9 Å². The topological polar surface area (TPSA) is 68.7 Å². The maximum absolute atomic E-state index is 12.7. The van der Waals surface area contributed by atoms with Crippen molar-refractivity contribution >= 4 is 5.91 Å². The molecule has 2 aromatic heterocycles. The molecule has 0 unspecified atom stereocenters. The first-order chi connectivity index (χ1) is 12.3. The fourth-order valence-electron chi connectivity index (χ4n) is 4.99. The van der Waals surface area contributed by atoms with Crippen LogP contribution in [0.3, 0.4) is 0 Å². The van der Waals surface area contributed by atoms with Gasteiger partial charge in [-0.05, 0) is 42.2 Å². The minimum Gasteiger partial charge on any atom is -0.461 e. The summed E-state index contributed by atoms with van der Waals surface area (Å²) in [6.45, 7) is 8.09. The van der Waals surface area contributed by atoms with Gasteiger partial charge < -0.3 is 18.6 Å². The molecule has 0 spiro atoms. The standard InChI is InChI=1S/C20H26N2O4/c1-19(2)8-15-9-20(3,12-19)13-22(15)18(23)11-24-10-14-7-17(26-21-14)16-5-4-6-25-16/h4-7,15H,8-13H2,1-3H3/t15-,20-/m0/s1. The summed E-state index contributed by atoms with van der Waals surface area (Å²) in [6, 6.07) is 5.72. The Balaban J connectivity index is 1.31. The number of fused-ring (bicyclic) bond motifs is 2. The number of likely N-dealkylation sites (tertiary alicyclic amines) is 1. The second-order valence-corrected chi connectivity index (χ2v) is 8.89. The van der Waals surface area contributed by atoms with Crippen molar-refractivity contribution in [2.24, 2.45) is 10.8 Å². The van der Waals surface area contributed by atoms with E-state index >= 15 is 0 Å². The van der Waals surface area contributed by atoms with Crippen LogP contribution in [0.5, 0.6) is 0 Å². The number of amides is 1. The molecular formula is C20H26N2O4. The molecule has 2 aliphatic rings. The van der Waals surface area contributed by atoms with Crippen molar-refractivity contribution in [3.8, 4) is 11.5 Å². The fourth-order valence-corrected chi connectivity index (χ4v) is 4.99. The molecule has 1 saturated heterocycles. The van der Waals surface area contributed by atoms with E-state index in [1.54, 1.807) is 18.4 Å². The van der Waals surface area contributed by atoms with Crippen molar-refractivity contribution < 1.29 is 18.5 Å². The monoisotopic (exact) mass is 358 g/mol. The first-order valence-electron chi connectivity index (χ1n) is 9.20. The number of nitrogens with zero attached hydrogens (tertiary/aromatic N) is 2. The highest BCUT2D eigenvalue weighted by molar-refractivity contribution is 5.78. The smallest absolute Gasteiger partial charge is 0.248 e. The van der Waals surface area contributed by atoms with Gasteiger partial charge in [-0.25, -0.2) is 0 Å². The van der Waals surface area contributed by atoms with Crippen LogP contribution in [0.2, 0.25) is 0 Å². The third kappa shape index (κ3) is 3.43. The van der Waals surface area contributed by atoms with Crippen LogP contribution in [0.15, 0.2) is 33.4 Å². The summed E-state index contributed by atoms with van der Waals surface area (Å²) in [6.07, 6.45) is 4.94. The van der Waals surface area contributed by atoms with Gasteiger partial charge in [-0.15, -0.1) is 0 Å². The van der Waals surface area contributed by atoms with Crippen LogP contribution in [-0.2, 0) is 16.1 Å². The largest absolute Gasteiger partial charge is 0.461 e. The maximum atomic E-state index is 12.7. The van der Waals surface area contributed by atoms with Gasteiger partial charge in [0.2, 0.25) is 11.7 Å². The Hall–Kier alpha value is -2.08. The van der Waals surface area contributed by atoms with Gasteiger partial charge in [-0.3, -0.25) is 4.79 Å². The summed E-state index contributed by atoms with van der Waals surface area (Å²) in [4.78, 5) is 14.7. The van der Waals surface area contributed by atoms with Gasteiger partial charge in [-0.1, -0.05) is 25.9 Å². The molecule has 0 radical (unpaired) electrons. The van der Waals surface area contributed by atoms with E-state index in [0.29, 0.717) is 28.7 Å². The molecule has 6 heteroatoms. The van der Waals surface area contributed by atoms with Gasteiger partial charge in [0.15, 0.2) is 5.76 Å². The van der Waals surface area contributed by atoms with Crippen LogP contribution in [0.4, 0.5) is 0 Å². The molecule has 2 bridgehead atoms. The van der Waals surface area contributed by atoms with Crippen LogP contribution in [0.25, 0.3) is 11.5 Å². The van der Waals surface area contributed by atoms with Crippen LogP contribution in [0, 0.1) is 10.8 Å². The minimum absolute atomic E-state index is 0.0752. The zero-order chi connectivity index (χ0) is 18.4. The first kappa shape index (κ1) is 17.3. The Kier molecular flexibility index (Phi) is 4.18. The second kappa shape index (κ2) is 6.27. The number of ether oxygens (including phenoxy) is 1. The van der Waals surface area contributed by atoms with Crippen molar-refractivity contribution in [3.05, 3.63) is 30.2 Å². The molecule has 1 aliphatic carbocycles. The highest BCUT2D eigenvalue weighted by Crippen LogP contribution is 2.52. The number of hydrogen-bond acceptors (Lipinski definition) is 5. The average molecular weight is 358 g/mol. The molecule has 1 amide bonds. The molecule has 1 saturated carbocycles. The van der Waals surface area contributed by atoms with Crippen molar-refractivity contribution in [1.82, 2.24) is 10.1 Å². The molecule has 0 N–H and O–H groups in total. The summed E-state index contributed by atoms with van der Waals surface area (Å²) in [5.41, 5.74) is 1.19. The summed E-state index contributed by atoms with van der Waals surface area (Å²) >= 11 is 0. The summed E-state index contributed by atoms with van der Waals surface area (Å²) < 4.78 is 16.1. The van der Waals surface area contributed by atoms with Gasteiger partial charge in [0.05, 0.1) is 12.9 Å². The second-order valence-electron chi connectivity index (χ2n) is 8.89. The lowest BCUT2D eigenvalue weighted by Gasteiger charge is -2.39. The highest BCUT2D eigenvalue weighted by atomic mass is 16.5. The van der Waals surface area contributed by atoms with Crippen LogP contribution in [0.1, 0.15) is 45.7 Å². The summed E-state index contributed by atoms with van der Waals surface area (Å²) in [5, 5.41) is 3.96. The van der Waals surface area contributed by atoms with Gasteiger partial charge in [-0.2, -0.15) is 0 Å². The normalized spacial score (nSPS) is 27.0. The van der Waals surface area contributed by atoms with Gasteiger partial charge >= 0.3 is 0 Å². The van der Waals surface area contributed by atoms with E-state index < -0.39 is 0 Å². The van der Waals surface area contributed by atoms with E-state index in [0.717, 1.165) is 19.4 Å². The fraction of sp³-hybridized carbons (Fsp3) is 0.600.